The van der Waals surface area contributed by atoms with Crippen LogP contribution in [0, 0.1) is 5.92 Å². The van der Waals surface area contributed by atoms with E-state index in [0.29, 0.717) is 24.0 Å². The summed E-state index contributed by atoms with van der Waals surface area (Å²) in [4.78, 5) is 6.91. The lowest BCUT2D eigenvalue weighted by molar-refractivity contribution is -0.137. The van der Waals surface area contributed by atoms with Crippen LogP contribution in [0.2, 0.25) is 0 Å². The molecular weight excluding hydrogens is 468 g/mol. The van der Waals surface area contributed by atoms with Gasteiger partial charge in [0.05, 0.1) is 12.1 Å². The van der Waals surface area contributed by atoms with Crippen molar-refractivity contribution in [3.05, 3.63) is 35.4 Å². The second-order valence-electron chi connectivity index (χ2n) is 6.73. The van der Waals surface area contributed by atoms with E-state index < -0.39 is 11.7 Å². The maximum atomic E-state index is 12.8. The van der Waals surface area contributed by atoms with Crippen LogP contribution in [0.3, 0.4) is 0 Å². The highest BCUT2D eigenvalue weighted by Crippen LogP contribution is 2.29. The Kier molecular flexibility index (Phi) is 10.4. The molecular formula is C19H30F3IN4. The summed E-state index contributed by atoms with van der Waals surface area (Å²) in [5.74, 6) is 1.23. The van der Waals surface area contributed by atoms with Crippen LogP contribution in [0.4, 0.5) is 13.2 Å². The number of nitrogens with zero attached hydrogens (tertiary/aromatic N) is 2. The molecule has 8 heteroatoms. The Bertz CT molecular complexity index is 593. The zero-order valence-corrected chi connectivity index (χ0v) is 18.3. The highest BCUT2D eigenvalue weighted by Gasteiger charge is 2.30. The number of alkyl halides is 3. The maximum absolute atomic E-state index is 12.8. The van der Waals surface area contributed by atoms with E-state index in [1.807, 2.05) is 6.92 Å². The van der Waals surface area contributed by atoms with Crippen molar-refractivity contribution < 1.29 is 13.2 Å². The monoisotopic (exact) mass is 498 g/mol. The van der Waals surface area contributed by atoms with Crippen molar-refractivity contribution in [3.8, 4) is 0 Å². The van der Waals surface area contributed by atoms with Crippen molar-refractivity contribution in [1.29, 1.82) is 0 Å². The molecule has 1 fully saturated rings. The van der Waals surface area contributed by atoms with Crippen molar-refractivity contribution in [3.63, 3.8) is 0 Å². The van der Waals surface area contributed by atoms with Crippen molar-refractivity contribution >= 4 is 29.9 Å². The van der Waals surface area contributed by atoms with E-state index in [9.17, 15) is 13.2 Å². The minimum absolute atomic E-state index is 0. The summed E-state index contributed by atoms with van der Waals surface area (Å²) in [5, 5.41) is 6.49. The van der Waals surface area contributed by atoms with E-state index in [4.69, 9.17) is 0 Å². The SMILES string of the molecule is CCCN1CCC(CNC(=NCc2cccc(C(F)(F)F)c2)NCC)C1.I. The van der Waals surface area contributed by atoms with Gasteiger partial charge in [-0.05, 0) is 56.5 Å². The average Bonchev–Trinajstić information content (AvgIpc) is 3.05. The van der Waals surface area contributed by atoms with Gasteiger partial charge in [0.15, 0.2) is 5.96 Å². The molecule has 1 aromatic carbocycles. The van der Waals surface area contributed by atoms with Gasteiger partial charge in [0.2, 0.25) is 0 Å². The van der Waals surface area contributed by atoms with Gasteiger partial charge in [-0.25, -0.2) is 4.99 Å². The van der Waals surface area contributed by atoms with Gasteiger partial charge in [-0.3, -0.25) is 0 Å². The van der Waals surface area contributed by atoms with Crippen molar-refractivity contribution in [2.75, 3.05) is 32.7 Å². The molecule has 4 nitrogen and oxygen atoms in total. The lowest BCUT2D eigenvalue weighted by atomic mass is 10.1. The zero-order chi connectivity index (χ0) is 19.0. The van der Waals surface area contributed by atoms with Crippen LogP contribution in [-0.4, -0.2) is 43.6 Å². The van der Waals surface area contributed by atoms with E-state index in [2.05, 4.69) is 27.4 Å². The number of guanidine groups is 1. The molecule has 0 amide bonds. The third-order valence-corrected chi connectivity index (χ3v) is 4.49. The minimum atomic E-state index is -4.32. The van der Waals surface area contributed by atoms with Crippen molar-refractivity contribution in [2.24, 2.45) is 10.9 Å². The normalized spacial score (nSPS) is 18.3. The zero-order valence-electron chi connectivity index (χ0n) is 16.0. The van der Waals surface area contributed by atoms with Crippen LogP contribution >= 0.6 is 24.0 Å². The molecule has 1 atom stereocenters. The van der Waals surface area contributed by atoms with Gasteiger partial charge in [-0.2, -0.15) is 13.2 Å². The molecule has 154 valence electrons. The Balaban J connectivity index is 0.00000364. The topological polar surface area (TPSA) is 39.7 Å². The summed E-state index contributed by atoms with van der Waals surface area (Å²) in [6.45, 7) is 9.28. The van der Waals surface area contributed by atoms with Crippen LogP contribution in [0.25, 0.3) is 0 Å². The highest BCUT2D eigenvalue weighted by atomic mass is 127. The average molecular weight is 498 g/mol. The van der Waals surface area contributed by atoms with Gasteiger partial charge in [0.1, 0.15) is 0 Å². The van der Waals surface area contributed by atoms with Crippen LogP contribution in [0.15, 0.2) is 29.3 Å². The number of benzene rings is 1. The molecule has 1 aliphatic heterocycles. The first-order chi connectivity index (χ1) is 12.4. The lowest BCUT2D eigenvalue weighted by Crippen LogP contribution is -2.40. The van der Waals surface area contributed by atoms with Crippen molar-refractivity contribution in [1.82, 2.24) is 15.5 Å². The molecule has 2 N–H and O–H groups in total. The van der Waals surface area contributed by atoms with Gasteiger partial charge >= 0.3 is 6.18 Å². The number of aliphatic imine (C=N–C) groups is 1. The molecule has 1 heterocycles. The smallest absolute Gasteiger partial charge is 0.357 e. The molecule has 1 aromatic rings. The van der Waals surface area contributed by atoms with Gasteiger partial charge in [-0.15, -0.1) is 24.0 Å². The lowest BCUT2D eigenvalue weighted by Gasteiger charge is -2.17. The number of nitrogens with one attached hydrogen (secondary N) is 2. The summed E-state index contributed by atoms with van der Waals surface area (Å²) in [6, 6.07) is 5.34. The van der Waals surface area contributed by atoms with E-state index in [1.54, 1.807) is 6.07 Å². The Morgan fingerprint density at radius 2 is 2.04 bits per heavy atom. The Morgan fingerprint density at radius 3 is 2.70 bits per heavy atom. The molecule has 0 aliphatic carbocycles. The fourth-order valence-electron chi connectivity index (χ4n) is 3.20. The molecule has 0 saturated carbocycles. The fraction of sp³-hybridized carbons (Fsp3) is 0.632. The van der Waals surface area contributed by atoms with Gasteiger partial charge < -0.3 is 15.5 Å². The maximum Gasteiger partial charge on any atom is 0.416 e. The summed E-state index contributed by atoms with van der Waals surface area (Å²) < 4.78 is 38.4. The molecule has 1 saturated heterocycles. The Labute approximate surface area is 177 Å². The Morgan fingerprint density at radius 1 is 1.26 bits per heavy atom. The quantitative estimate of drug-likeness (QED) is 0.338. The highest BCUT2D eigenvalue weighted by molar-refractivity contribution is 14.0. The second-order valence-corrected chi connectivity index (χ2v) is 6.73. The van der Waals surface area contributed by atoms with Gasteiger partial charge in [-0.1, -0.05) is 19.1 Å². The minimum Gasteiger partial charge on any atom is -0.357 e. The van der Waals surface area contributed by atoms with Crippen molar-refractivity contribution in [2.45, 2.75) is 39.4 Å². The fourth-order valence-corrected chi connectivity index (χ4v) is 3.20. The van der Waals surface area contributed by atoms with Crippen LogP contribution in [0.5, 0.6) is 0 Å². The van der Waals surface area contributed by atoms with Gasteiger partial charge in [0, 0.05) is 19.6 Å². The first-order valence-corrected chi connectivity index (χ1v) is 9.33. The third kappa shape index (κ3) is 8.25. The number of rotatable bonds is 7. The molecule has 2 rings (SSSR count). The molecule has 0 spiro atoms. The summed E-state index contributed by atoms with van der Waals surface area (Å²) in [5.41, 5.74) is -0.0860. The number of halogens is 4. The summed E-state index contributed by atoms with van der Waals surface area (Å²) in [6.07, 6.45) is -1.99. The standard InChI is InChI=1S/C19H29F3N4.HI/c1-3-9-26-10-8-16(14-26)13-25-18(23-4-2)24-12-15-6-5-7-17(11-15)19(20,21)22;/h5-7,11,16H,3-4,8-10,12-14H2,1-2H3,(H2,23,24,25);1H. The molecule has 0 radical (unpaired) electrons. The molecule has 27 heavy (non-hydrogen) atoms. The predicted octanol–water partition coefficient (Wildman–Crippen LogP) is 4.11. The largest absolute Gasteiger partial charge is 0.416 e. The third-order valence-electron chi connectivity index (χ3n) is 4.49. The Hall–Kier alpha value is -1.03. The van der Waals surface area contributed by atoms with E-state index in [-0.39, 0.29) is 30.5 Å². The van der Waals surface area contributed by atoms with E-state index in [0.717, 1.165) is 38.3 Å². The van der Waals surface area contributed by atoms with Crippen LogP contribution in [0.1, 0.15) is 37.8 Å². The number of hydrogen-bond donors (Lipinski definition) is 2. The molecule has 1 aliphatic rings. The summed E-state index contributed by atoms with van der Waals surface area (Å²) >= 11 is 0. The van der Waals surface area contributed by atoms with E-state index in [1.165, 1.54) is 18.9 Å². The second kappa shape index (κ2) is 11.7. The first-order valence-electron chi connectivity index (χ1n) is 9.33. The van der Waals surface area contributed by atoms with E-state index >= 15 is 0 Å². The number of hydrogen-bond acceptors (Lipinski definition) is 2. The molecule has 1 unspecified atom stereocenters. The van der Waals surface area contributed by atoms with Gasteiger partial charge in [0.25, 0.3) is 0 Å². The molecule has 0 bridgehead atoms. The van der Waals surface area contributed by atoms with Crippen LogP contribution in [-0.2, 0) is 12.7 Å². The summed E-state index contributed by atoms with van der Waals surface area (Å²) in [7, 11) is 0. The van der Waals surface area contributed by atoms with Crippen LogP contribution < -0.4 is 10.6 Å². The molecule has 0 aromatic heterocycles. The number of likely N-dealkylation sites (tertiary alicyclic amines) is 1. The first kappa shape index (κ1) is 24.0. The predicted molar refractivity (Wildman–Crippen MR) is 115 cm³/mol.